The number of benzene rings is 2. The van der Waals surface area contributed by atoms with E-state index in [1.54, 1.807) is 0 Å². The first-order chi connectivity index (χ1) is 15.6. The van der Waals surface area contributed by atoms with Crippen LogP contribution in [0.25, 0.3) is 0 Å². The first-order valence-electron chi connectivity index (χ1n) is 11.7. The van der Waals surface area contributed by atoms with Crippen LogP contribution in [0.2, 0.25) is 0 Å². The SMILES string of the molecule is CC1=C2C3=CC=C(CCc4ccc(cc4)CC3)[C@H]2[C@H]2C(=O)N(c3ccccc3)C(=O)[C@H]2C1. The number of nitrogens with zero attached hydrogens (tertiary/aromatic N) is 1. The van der Waals surface area contributed by atoms with E-state index in [0.29, 0.717) is 12.1 Å². The average molecular weight is 422 g/mol. The summed E-state index contributed by atoms with van der Waals surface area (Å²) in [4.78, 5) is 28.7. The van der Waals surface area contributed by atoms with Gasteiger partial charge < -0.3 is 0 Å². The lowest BCUT2D eigenvalue weighted by Gasteiger charge is -2.39. The lowest BCUT2D eigenvalue weighted by molar-refractivity contribution is -0.122. The van der Waals surface area contributed by atoms with Crippen LogP contribution in [0.15, 0.2) is 89.0 Å². The van der Waals surface area contributed by atoms with E-state index in [2.05, 4.69) is 43.3 Å². The van der Waals surface area contributed by atoms with E-state index in [9.17, 15) is 9.59 Å². The highest BCUT2D eigenvalue weighted by Gasteiger charge is 2.55. The van der Waals surface area contributed by atoms with E-state index in [-0.39, 0.29) is 29.6 Å². The Kier molecular flexibility index (Phi) is 4.53. The van der Waals surface area contributed by atoms with Crippen molar-refractivity contribution in [2.45, 2.75) is 39.0 Å². The summed E-state index contributed by atoms with van der Waals surface area (Å²) in [5.74, 6) is -0.583. The van der Waals surface area contributed by atoms with Crippen LogP contribution in [0.3, 0.4) is 0 Å². The van der Waals surface area contributed by atoms with Gasteiger partial charge in [-0.3, -0.25) is 14.5 Å². The van der Waals surface area contributed by atoms with Crippen molar-refractivity contribution >= 4 is 17.5 Å². The molecule has 32 heavy (non-hydrogen) atoms. The zero-order valence-corrected chi connectivity index (χ0v) is 18.4. The number of fused-ring (bicyclic) bond motifs is 1. The molecule has 9 rings (SSSR count). The monoisotopic (exact) mass is 421 g/mol. The number of allylic oxidation sites excluding steroid dienone is 6. The normalized spacial score (nSPS) is 26.9. The number of aryl methyl sites for hydroxylation is 2. The van der Waals surface area contributed by atoms with Crippen LogP contribution in [0.4, 0.5) is 5.69 Å². The Morgan fingerprint density at radius 3 is 2.19 bits per heavy atom. The molecule has 2 aromatic carbocycles. The van der Waals surface area contributed by atoms with E-state index in [4.69, 9.17) is 0 Å². The maximum Gasteiger partial charge on any atom is 0.238 e. The predicted octanol–water partition coefficient (Wildman–Crippen LogP) is 5.57. The molecule has 1 saturated heterocycles. The van der Waals surface area contributed by atoms with Crippen molar-refractivity contribution in [2.75, 3.05) is 4.90 Å². The van der Waals surface area contributed by atoms with Gasteiger partial charge in [0.15, 0.2) is 0 Å². The minimum Gasteiger partial charge on any atom is -0.274 e. The van der Waals surface area contributed by atoms with Crippen LogP contribution in [0.1, 0.15) is 37.3 Å². The first kappa shape index (κ1) is 19.5. The van der Waals surface area contributed by atoms with Gasteiger partial charge in [-0.1, -0.05) is 65.8 Å². The summed E-state index contributed by atoms with van der Waals surface area (Å²) in [6, 6.07) is 18.4. The van der Waals surface area contributed by atoms with Gasteiger partial charge in [-0.15, -0.1) is 0 Å². The molecule has 1 fully saturated rings. The molecule has 1 aliphatic heterocycles. The molecule has 3 nitrogen and oxygen atoms in total. The summed E-state index contributed by atoms with van der Waals surface area (Å²) in [6.45, 7) is 2.18. The Bertz CT molecular complexity index is 1200. The van der Waals surface area contributed by atoms with Gasteiger partial charge >= 0.3 is 0 Å². The molecule has 6 aliphatic carbocycles. The highest BCUT2D eigenvalue weighted by Crippen LogP contribution is 2.52. The molecule has 7 aliphatic rings. The minimum atomic E-state index is -0.291. The van der Waals surface area contributed by atoms with Crippen LogP contribution in [0, 0.1) is 17.8 Å². The van der Waals surface area contributed by atoms with Crippen LogP contribution in [-0.4, -0.2) is 11.8 Å². The maximum absolute atomic E-state index is 13.8. The summed E-state index contributed by atoms with van der Waals surface area (Å²) in [5.41, 5.74) is 8.67. The summed E-state index contributed by atoms with van der Waals surface area (Å²) < 4.78 is 0. The Hall–Kier alpha value is -3.20. The highest BCUT2D eigenvalue weighted by molar-refractivity contribution is 6.22. The van der Waals surface area contributed by atoms with Crippen LogP contribution >= 0.6 is 0 Å². The number of hydrogen-bond donors (Lipinski definition) is 0. The van der Waals surface area contributed by atoms with Gasteiger partial charge in [-0.2, -0.15) is 0 Å². The molecule has 0 radical (unpaired) electrons. The van der Waals surface area contributed by atoms with Crippen molar-refractivity contribution in [2.24, 2.45) is 17.8 Å². The van der Waals surface area contributed by atoms with Crippen molar-refractivity contribution < 1.29 is 9.59 Å². The Morgan fingerprint density at radius 2 is 1.47 bits per heavy atom. The largest absolute Gasteiger partial charge is 0.274 e. The second kappa shape index (κ2) is 7.44. The summed E-state index contributed by atoms with van der Waals surface area (Å²) in [6.07, 6.45) is 9.07. The standard InChI is InChI=1S/C29H27NO2/c1-18-17-24-27(29(32)30(28(24)31)23-5-3-2-4-6-23)26-22-14-12-20-9-7-19(8-10-20)11-13-21(15-16-22)25(18)26/h2-10,15-16,24,26-27H,11-14,17H2,1H3/t24-,26+,27-/m0/s1. The zero-order valence-electron chi connectivity index (χ0n) is 18.4. The lowest BCUT2D eigenvalue weighted by Crippen LogP contribution is -2.36. The molecule has 1 heterocycles. The first-order valence-corrected chi connectivity index (χ1v) is 11.7. The van der Waals surface area contributed by atoms with Gasteiger partial charge in [0.05, 0.1) is 17.5 Å². The number of carbonyl (C=O) groups is 2. The fraction of sp³-hybridized carbons (Fsp3) is 0.310. The molecule has 0 saturated carbocycles. The van der Waals surface area contributed by atoms with E-state index in [0.717, 1.165) is 25.7 Å². The molecular weight excluding hydrogens is 394 g/mol. The van der Waals surface area contributed by atoms with Crippen molar-refractivity contribution in [3.05, 3.63) is 100 Å². The lowest BCUT2D eigenvalue weighted by atomic mass is 9.62. The Morgan fingerprint density at radius 1 is 0.781 bits per heavy atom. The van der Waals surface area contributed by atoms with Crippen molar-refractivity contribution in [3.8, 4) is 0 Å². The molecular formula is C29H27NO2. The van der Waals surface area contributed by atoms with Crippen molar-refractivity contribution in [1.29, 1.82) is 0 Å². The third-order valence-electron chi connectivity index (χ3n) is 7.80. The van der Waals surface area contributed by atoms with Gasteiger partial charge in [0.25, 0.3) is 0 Å². The molecule has 0 spiro atoms. The van der Waals surface area contributed by atoms with Crippen LogP contribution in [-0.2, 0) is 22.4 Å². The van der Waals surface area contributed by atoms with Crippen LogP contribution in [0.5, 0.6) is 0 Å². The Balaban J connectivity index is 1.44. The van der Waals surface area contributed by atoms with Gasteiger partial charge in [0, 0.05) is 5.92 Å². The van der Waals surface area contributed by atoms with Gasteiger partial charge in [0.2, 0.25) is 11.8 Å². The predicted molar refractivity (Wildman–Crippen MR) is 126 cm³/mol. The number of hydrogen-bond acceptors (Lipinski definition) is 2. The minimum absolute atomic E-state index is 0.0235. The summed E-state index contributed by atoms with van der Waals surface area (Å²) in [7, 11) is 0. The zero-order chi connectivity index (χ0) is 21.8. The molecule has 0 N–H and O–H groups in total. The number of amides is 2. The van der Waals surface area contributed by atoms with Crippen molar-refractivity contribution in [3.63, 3.8) is 0 Å². The second-order valence-corrected chi connectivity index (χ2v) is 9.61. The smallest absolute Gasteiger partial charge is 0.238 e. The van der Waals surface area contributed by atoms with E-state index < -0.39 is 0 Å². The molecule has 3 heteroatoms. The Labute approximate surface area is 189 Å². The molecule has 4 bridgehead atoms. The average Bonchev–Trinajstić information content (AvgIpc) is 3.05. The quantitative estimate of drug-likeness (QED) is 0.564. The van der Waals surface area contributed by atoms with E-state index in [1.807, 2.05) is 30.3 Å². The number of rotatable bonds is 1. The summed E-state index contributed by atoms with van der Waals surface area (Å²) >= 11 is 0. The number of carbonyl (C=O) groups excluding carboxylic acids is 2. The van der Waals surface area contributed by atoms with Gasteiger partial charge in [0.1, 0.15) is 0 Å². The van der Waals surface area contributed by atoms with Crippen LogP contribution < -0.4 is 4.90 Å². The molecule has 2 amide bonds. The fourth-order valence-electron chi connectivity index (χ4n) is 6.24. The van der Waals surface area contributed by atoms with Crippen molar-refractivity contribution in [1.82, 2.24) is 0 Å². The highest BCUT2D eigenvalue weighted by atomic mass is 16.2. The molecule has 160 valence electrons. The third kappa shape index (κ3) is 2.95. The van der Waals surface area contributed by atoms with Gasteiger partial charge in [-0.25, -0.2) is 0 Å². The number of imide groups is 1. The molecule has 0 aromatic heterocycles. The second-order valence-electron chi connectivity index (χ2n) is 9.61. The topological polar surface area (TPSA) is 37.4 Å². The van der Waals surface area contributed by atoms with E-state index in [1.165, 1.54) is 38.3 Å². The third-order valence-corrected chi connectivity index (χ3v) is 7.80. The molecule has 0 unspecified atom stereocenters. The number of para-hydroxylation sites is 1. The molecule has 2 aromatic rings. The van der Waals surface area contributed by atoms with Gasteiger partial charge in [-0.05, 0) is 73.4 Å². The maximum atomic E-state index is 13.8. The molecule has 3 atom stereocenters. The summed E-state index contributed by atoms with van der Waals surface area (Å²) in [5, 5.41) is 0. The fourth-order valence-corrected chi connectivity index (χ4v) is 6.24. The number of anilines is 1. The van der Waals surface area contributed by atoms with E-state index >= 15 is 0 Å².